The molecule has 2 atom stereocenters. The van der Waals surface area contributed by atoms with Crippen molar-refractivity contribution in [3.8, 4) is 0 Å². The van der Waals surface area contributed by atoms with Crippen LogP contribution in [-0.4, -0.2) is 33.8 Å². The highest BCUT2D eigenvalue weighted by molar-refractivity contribution is 14.1. The molecule has 0 bridgehead atoms. The lowest BCUT2D eigenvalue weighted by atomic mass is 10.3. The van der Waals surface area contributed by atoms with Gasteiger partial charge in [-0.25, -0.2) is 4.98 Å². The quantitative estimate of drug-likeness (QED) is 0.793. The number of halogens is 1. The number of aromatic nitrogens is 2. The molecule has 18 heavy (non-hydrogen) atoms. The Bertz CT molecular complexity index is 481. The summed E-state index contributed by atoms with van der Waals surface area (Å²) in [6.45, 7) is 2.57. The summed E-state index contributed by atoms with van der Waals surface area (Å²) in [6, 6.07) is 0. The van der Waals surface area contributed by atoms with E-state index in [4.69, 9.17) is 4.74 Å². The highest BCUT2D eigenvalue weighted by Crippen LogP contribution is 2.40. The largest absolute Gasteiger partial charge is 0.378 e. The van der Waals surface area contributed by atoms with Crippen LogP contribution in [0.15, 0.2) is 4.79 Å². The normalized spacial score (nSPS) is 24.2. The summed E-state index contributed by atoms with van der Waals surface area (Å²) in [5.74, 6) is 3.06. The zero-order valence-corrected chi connectivity index (χ0v) is 14.0. The summed E-state index contributed by atoms with van der Waals surface area (Å²) in [6.07, 6.45) is 0. The minimum Gasteiger partial charge on any atom is -0.378 e. The summed E-state index contributed by atoms with van der Waals surface area (Å²) in [7, 11) is 1.62. The molecule has 1 fully saturated rings. The van der Waals surface area contributed by atoms with Gasteiger partial charge in [0.05, 0.1) is 17.6 Å². The molecule has 2 heterocycles. The molecule has 7 heteroatoms. The van der Waals surface area contributed by atoms with Crippen LogP contribution in [0.1, 0.15) is 23.7 Å². The van der Waals surface area contributed by atoms with Crippen molar-refractivity contribution in [1.29, 1.82) is 0 Å². The molecule has 1 N–H and O–H groups in total. The standard InChI is InChI=1S/C11H15IN2O2S2/c1-6-9(18-4-3-17-6)10-13-7(5-16-2)8(12)11(15)14-10/h6,9H,3-5H2,1-2H3,(H,13,14,15). The first-order chi connectivity index (χ1) is 8.63. The van der Waals surface area contributed by atoms with Crippen LogP contribution in [0.4, 0.5) is 0 Å². The van der Waals surface area contributed by atoms with Gasteiger partial charge in [0.25, 0.3) is 5.56 Å². The Balaban J connectivity index is 2.35. The maximum Gasteiger partial charge on any atom is 0.264 e. The third kappa shape index (κ3) is 3.23. The first-order valence-corrected chi connectivity index (χ1v) is 8.82. The molecule has 100 valence electrons. The van der Waals surface area contributed by atoms with Crippen LogP contribution in [0.5, 0.6) is 0 Å². The Morgan fingerprint density at radius 2 is 2.22 bits per heavy atom. The first kappa shape index (κ1) is 14.7. The van der Waals surface area contributed by atoms with E-state index in [1.165, 1.54) is 5.75 Å². The highest BCUT2D eigenvalue weighted by Gasteiger charge is 2.27. The number of nitrogens with zero attached hydrogens (tertiary/aromatic N) is 1. The molecule has 1 aliphatic heterocycles. The lowest BCUT2D eigenvalue weighted by molar-refractivity contribution is 0.180. The van der Waals surface area contributed by atoms with Gasteiger partial charge in [-0.05, 0) is 22.6 Å². The molecule has 1 aromatic heterocycles. The van der Waals surface area contributed by atoms with Gasteiger partial charge < -0.3 is 9.72 Å². The fourth-order valence-corrected chi connectivity index (χ4v) is 4.95. The van der Waals surface area contributed by atoms with Gasteiger partial charge in [-0.2, -0.15) is 11.8 Å². The van der Waals surface area contributed by atoms with Crippen LogP contribution in [0.2, 0.25) is 0 Å². The molecule has 0 aromatic carbocycles. The number of nitrogens with one attached hydrogen (secondary N) is 1. The minimum absolute atomic E-state index is 0.0592. The van der Waals surface area contributed by atoms with E-state index in [1.807, 2.05) is 46.1 Å². The molecule has 0 spiro atoms. The molecule has 1 saturated heterocycles. The SMILES string of the molecule is COCc1nc(C2SCCSC2C)[nH]c(=O)c1I. The summed E-state index contributed by atoms with van der Waals surface area (Å²) in [5.41, 5.74) is 0.677. The smallest absolute Gasteiger partial charge is 0.264 e. The van der Waals surface area contributed by atoms with Crippen LogP contribution in [0.3, 0.4) is 0 Å². The minimum atomic E-state index is -0.0592. The van der Waals surface area contributed by atoms with Gasteiger partial charge in [-0.3, -0.25) is 4.79 Å². The van der Waals surface area contributed by atoms with E-state index in [0.717, 1.165) is 17.3 Å². The van der Waals surface area contributed by atoms with Gasteiger partial charge in [0.2, 0.25) is 0 Å². The van der Waals surface area contributed by atoms with Gasteiger partial charge in [-0.15, -0.1) is 11.8 Å². The van der Waals surface area contributed by atoms with E-state index in [-0.39, 0.29) is 10.8 Å². The zero-order chi connectivity index (χ0) is 13.1. The van der Waals surface area contributed by atoms with E-state index < -0.39 is 0 Å². The first-order valence-electron chi connectivity index (χ1n) is 5.64. The van der Waals surface area contributed by atoms with Gasteiger partial charge in [0.1, 0.15) is 9.39 Å². The summed E-state index contributed by atoms with van der Waals surface area (Å²) >= 11 is 5.83. The monoisotopic (exact) mass is 398 g/mol. The summed E-state index contributed by atoms with van der Waals surface area (Å²) in [5, 5.41) is 0.742. The second-order valence-electron chi connectivity index (χ2n) is 4.01. The van der Waals surface area contributed by atoms with Crippen molar-refractivity contribution < 1.29 is 4.74 Å². The van der Waals surface area contributed by atoms with Gasteiger partial charge >= 0.3 is 0 Å². The fraction of sp³-hybridized carbons (Fsp3) is 0.636. The average molecular weight is 398 g/mol. The lowest BCUT2D eigenvalue weighted by Gasteiger charge is -2.27. The molecular weight excluding hydrogens is 383 g/mol. The molecule has 0 aliphatic carbocycles. The molecule has 4 nitrogen and oxygen atoms in total. The predicted molar refractivity (Wildman–Crippen MR) is 85.4 cm³/mol. The molecule has 1 aliphatic rings. The van der Waals surface area contributed by atoms with Crippen molar-refractivity contribution in [1.82, 2.24) is 9.97 Å². The molecule has 0 saturated carbocycles. The fourth-order valence-electron chi connectivity index (χ4n) is 1.83. The molecular formula is C11H15IN2O2S2. The predicted octanol–water partition coefficient (Wildman–Crippen LogP) is 2.43. The van der Waals surface area contributed by atoms with Crippen molar-refractivity contribution >= 4 is 46.1 Å². The van der Waals surface area contributed by atoms with Crippen molar-refractivity contribution in [3.63, 3.8) is 0 Å². The third-order valence-electron chi connectivity index (χ3n) is 2.69. The Labute approximate surface area is 128 Å². The number of hydrogen-bond acceptors (Lipinski definition) is 5. The van der Waals surface area contributed by atoms with E-state index in [9.17, 15) is 4.79 Å². The summed E-state index contributed by atoms with van der Waals surface area (Å²) in [4.78, 5) is 19.4. The van der Waals surface area contributed by atoms with Crippen molar-refractivity contribution in [3.05, 3.63) is 25.4 Å². The van der Waals surface area contributed by atoms with Crippen molar-refractivity contribution in [2.24, 2.45) is 0 Å². The summed E-state index contributed by atoms with van der Waals surface area (Å²) < 4.78 is 5.73. The number of methoxy groups -OCH3 is 1. The van der Waals surface area contributed by atoms with Crippen molar-refractivity contribution in [2.75, 3.05) is 18.6 Å². The number of rotatable bonds is 3. The highest BCUT2D eigenvalue weighted by atomic mass is 127. The van der Waals surface area contributed by atoms with E-state index in [0.29, 0.717) is 15.4 Å². The van der Waals surface area contributed by atoms with Gasteiger partial charge in [0.15, 0.2) is 0 Å². The zero-order valence-electron chi connectivity index (χ0n) is 10.2. The number of H-pyrrole nitrogens is 1. The second-order valence-corrected chi connectivity index (χ2v) is 7.83. The molecule has 0 radical (unpaired) electrons. The number of aromatic amines is 1. The Kier molecular flexibility index (Phi) is 5.40. The maximum atomic E-state index is 11.9. The van der Waals surface area contributed by atoms with Crippen LogP contribution < -0.4 is 5.56 Å². The number of ether oxygens (including phenoxy) is 1. The van der Waals surface area contributed by atoms with Gasteiger partial charge in [0, 0.05) is 23.9 Å². The second kappa shape index (κ2) is 6.62. The van der Waals surface area contributed by atoms with E-state index in [1.54, 1.807) is 7.11 Å². The van der Waals surface area contributed by atoms with Crippen LogP contribution in [0, 0.1) is 3.57 Å². The molecule has 2 unspecified atom stereocenters. The Hall–Kier alpha value is 0.270. The Morgan fingerprint density at radius 3 is 2.89 bits per heavy atom. The third-order valence-corrected chi connectivity index (χ3v) is 6.90. The Morgan fingerprint density at radius 1 is 1.50 bits per heavy atom. The topological polar surface area (TPSA) is 55.0 Å². The van der Waals surface area contributed by atoms with Crippen LogP contribution >= 0.6 is 46.1 Å². The number of thioether (sulfide) groups is 2. The van der Waals surface area contributed by atoms with Crippen LogP contribution in [0.25, 0.3) is 0 Å². The lowest BCUT2D eigenvalue weighted by Crippen LogP contribution is -2.24. The molecule has 0 amide bonds. The van der Waals surface area contributed by atoms with Crippen molar-refractivity contribution in [2.45, 2.75) is 24.0 Å². The number of hydrogen-bond donors (Lipinski definition) is 1. The average Bonchev–Trinajstić information content (AvgIpc) is 2.35. The van der Waals surface area contributed by atoms with E-state index >= 15 is 0 Å². The van der Waals surface area contributed by atoms with E-state index in [2.05, 4.69) is 16.9 Å². The van der Waals surface area contributed by atoms with Gasteiger partial charge in [-0.1, -0.05) is 6.92 Å². The molecule has 2 rings (SSSR count). The molecule has 1 aromatic rings. The maximum absolute atomic E-state index is 11.9. The van der Waals surface area contributed by atoms with Crippen LogP contribution in [-0.2, 0) is 11.3 Å².